The van der Waals surface area contributed by atoms with E-state index in [1.165, 1.54) is 34.4 Å². The molecule has 0 spiro atoms. The second-order valence-electron chi connectivity index (χ2n) is 7.71. The van der Waals surface area contributed by atoms with Gasteiger partial charge >= 0.3 is 0 Å². The number of H-pyrrole nitrogens is 1. The Morgan fingerprint density at radius 2 is 1.94 bits per heavy atom. The van der Waals surface area contributed by atoms with Gasteiger partial charge in [0, 0.05) is 41.1 Å². The van der Waals surface area contributed by atoms with E-state index in [2.05, 4.69) is 61.4 Å². The number of rotatable bonds is 7. The van der Waals surface area contributed by atoms with E-state index in [0.29, 0.717) is 34.8 Å². The van der Waals surface area contributed by atoms with E-state index in [1.807, 2.05) is 12.1 Å². The van der Waals surface area contributed by atoms with Gasteiger partial charge in [0.05, 0.1) is 11.7 Å². The average Bonchev–Trinajstić information content (AvgIpc) is 3.16. The molecule has 0 fully saturated rings. The normalized spacial score (nSPS) is 11.3. The molecule has 4 aromatic heterocycles. The number of hydrogen-bond acceptors (Lipinski definition) is 5. The van der Waals surface area contributed by atoms with Crippen LogP contribution in [0.25, 0.3) is 33.3 Å². The Morgan fingerprint density at radius 3 is 2.81 bits per heavy atom. The minimum atomic E-state index is -0.422. The summed E-state index contributed by atoms with van der Waals surface area (Å²) < 4.78 is 13.7. The van der Waals surface area contributed by atoms with Gasteiger partial charge in [-0.1, -0.05) is 31.5 Å². The topological polar surface area (TPSA) is 79.4 Å². The monoisotopic (exact) mass is 426 g/mol. The lowest BCUT2D eigenvalue weighted by atomic mass is 10.0. The summed E-state index contributed by atoms with van der Waals surface area (Å²) in [5.74, 6) is 0.625. The van der Waals surface area contributed by atoms with E-state index in [1.54, 1.807) is 12.4 Å². The van der Waals surface area contributed by atoms with Crippen molar-refractivity contribution in [3.63, 3.8) is 0 Å². The standard InChI is InChI=1S/C25H23FN6/c1-2-6-20-19(18-7-3-4-8-21(18)30-20)10-12-29-25-23-22(9-5-11-28-23)31-24(32-25)16-13-17(26)15-27-14-16/h3-5,7-9,11,13-15,30H,2,6,10,12H2,1H3,(H,29,31,32). The predicted octanol–water partition coefficient (Wildman–Crippen LogP) is 5.31. The molecule has 0 atom stereocenters. The van der Waals surface area contributed by atoms with E-state index in [4.69, 9.17) is 0 Å². The van der Waals surface area contributed by atoms with Gasteiger partial charge in [0.2, 0.25) is 0 Å². The van der Waals surface area contributed by atoms with Gasteiger partial charge in [0.25, 0.3) is 0 Å². The predicted molar refractivity (Wildman–Crippen MR) is 125 cm³/mol. The van der Waals surface area contributed by atoms with Gasteiger partial charge in [-0.25, -0.2) is 14.4 Å². The van der Waals surface area contributed by atoms with Crippen LogP contribution in [0.5, 0.6) is 0 Å². The molecule has 0 unspecified atom stereocenters. The van der Waals surface area contributed by atoms with E-state index in [0.717, 1.165) is 19.3 Å². The number of anilines is 1. The molecule has 0 saturated heterocycles. The first-order valence-corrected chi connectivity index (χ1v) is 10.8. The maximum atomic E-state index is 13.7. The van der Waals surface area contributed by atoms with Crippen LogP contribution in [-0.4, -0.2) is 31.5 Å². The van der Waals surface area contributed by atoms with Crippen LogP contribution in [0.15, 0.2) is 61.1 Å². The van der Waals surface area contributed by atoms with Crippen LogP contribution in [0, 0.1) is 5.82 Å². The van der Waals surface area contributed by atoms with Gasteiger partial charge in [0.1, 0.15) is 11.3 Å². The summed E-state index contributed by atoms with van der Waals surface area (Å²) in [6.45, 7) is 2.87. The van der Waals surface area contributed by atoms with Crippen LogP contribution >= 0.6 is 0 Å². The Labute approximate surface area is 185 Å². The lowest BCUT2D eigenvalue weighted by Crippen LogP contribution is -2.09. The van der Waals surface area contributed by atoms with Gasteiger partial charge in [0.15, 0.2) is 11.6 Å². The van der Waals surface area contributed by atoms with Crippen molar-refractivity contribution in [2.24, 2.45) is 0 Å². The number of fused-ring (bicyclic) bond motifs is 2. The van der Waals surface area contributed by atoms with Crippen molar-refractivity contribution in [1.82, 2.24) is 24.9 Å². The van der Waals surface area contributed by atoms with E-state index in [9.17, 15) is 4.39 Å². The Bertz CT molecular complexity index is 1390. The molecule has 1 aromatic carbocycles. The Hall–Kier alpha value is -3.87. The fourth-order valence-electron chi connectivity index (χ4n) is 4.06. The zero-order chi connectivity index (χ0) is 21.9. The highest BCUT2D eigenvalue weighted by Crippen LogP contribution is 2.26. The van der Waals surface area contributed by atoms with E-state index in [-0.39, 0.29) is 0 Å². The Balaban J connectivity index is 1.46. The molecular formula is C25H23FN6. The number of nitrogens with one attached hydrogen (secondary N) is 2. The number of aryl methyl sites for hydroxylation is 1. The van der Waals surface area contributed by atoms with Crippen LogP contribution in [-0.2, 0) is 12.8 Å². The number of halogens is 1. The molecule has 0 aliphatic rings. The molecule has 160 valence electrons. The fourth-order valence-corrected chi connectivity index (χ4v) is 4.06. The zero-order valence-electron chi connectivity index (χ0n) is 17.8. The van der Waals surface area contributed by atoms with Crippen LogP contribution in [0.1, 0.15) is 24.6 Å². The first kappa shape index (κ1) is 20.1. The van der Waals surface area contributed by atoms with Crippen molar-refractivity contribution < 1.29 is 4.39 Å². The summed E-state index contributed by atoms with van der Waals surface area (Å²) in [4.78, 5) is 21.2. The molecule has 5 rings (SSSR count). The number of benzene rings is 1. The highest BCUT2D eigenvalue weighted by Gasteiger charge is 2.13. The van der Waals surface area contributed by atoms with Crippen molar-refractivity contribution in [2.75, 3.05) is 11.9 Å². The Kier molecular flexibility index (Phi) is 5.46. The highest BCUT2D eigenvalue weighted by atomic mass is 19.1. The summed E-state index contributed by atoms with van der Waals surface area (Å²) >= 11 is 0. The molecule has 4 heterocycles. The maximum absolute atomic E-state index is 13.7. The summed E-state index contributed by atoms with van der Waals surface area (Å²) in [7, 11) is 0. The van der Waals surface area contributed by atoms with Crippen molar-refractivity contribution in [3.05, 3.63) is 78.1 Å². The third kappa shape index (κ3) is 3.89. The molecule has 6 nitrogen and oxygen atoms in total. The van der Waals surface area contributed by atoms with Crippen LogP contribution < -0.4 is 5.32 Å². The minimum absolute atomic E-state index is 0.416. The molecule has 2 N–H and O–H groups in total. The van der Waals surface area contributed by atoms with Gasteiger partial charge in [-0.05, 0) is 42.7 Å². The molecule has 0 bridgehead atoms. The molecular weight excluding hydrogens is 403 g/mol. The largest absolute Gasteiger partial charge is 0.368 e. The second kappa shape index (κ2) is 8.70. The lowest BCUT2D eigenvalue weighted by molar-refractivity contribution is 0.622. The SMILES string of the molecule is CCCc1[nH]c2ccccc2c1CCNc1nc(-c2cncc(F)c2)nc2cccnc12. The molecule has 32 heavy (non-hydrogen) atoms. The third-order valence-corrected chi connectivity index (χ3v) is 5.49. The molecule has 7 heteroatoms. The van der Waals surface area contributed by atoms with Gasteiger partial charge < -0.3 is 10.3 Å². The highest BCUT2D eigenvalue weighted by molar-refractivity contribution is 5.87. The number of para-hydroxylation sites is 1. The minimum Gasteiger partial charge on any atom is -0.368 e. The second-order valence-corrected chi connectivity index (χ2v) is 7.71. The molecule has 0 aliphatic carbocycles. The Morgan fingerprint density at radius 1 is 1.03 bits per heavy atom. The molecule has 5 aromatic rings. The molecule has 0 radical (unpaired) electrons. The van der Waals surface area contributed by atoms with E-state index >= 15 is 0 Å². The molecule has 0 amide bonds. The number of hydrogen-bond donors (Lipinski definition) is 2. The van der Waals surface area contributed by atoms with Gasteiger partial charge in [-0.3, -0.25) is 9.97 Å². The third-order valence-electron chi connectivity index (χ3n) is 5.49. The maximum Gasteiger partial charge on any atom is 0.163 e. The fraction of sp³-hybridized carbons (Fsp3) is 0.200. The summed E-state index contributed by atoms with van der Waals surface area (Å²) in [5, 5.41) is 4.70. The number of pyridine rings is 2. The van der Waals surface area contributed by atoms with Gasteiger partial charge in [-0.2, -0.15) is 0 Å². The van der Waals surface area contributed by atoms with Crippen LogP contribution in [0.4, 0.5) is 10.2 Å². The van der Waals surface area contributed by atoms with E-state index < -0.39 is 5.82 Å². The smallest absolute Gasteiger partial charge is 0.163 e. The summed E-state index contributed by atoms with van der Waals surface area (Å²) in [6.07, 6.45) is 7.39. The van der Waals surface area contributed by atoms with Crippen molar-refractivity contribution in [2.45, 2.75) is 26.2 Å². The van der Waals surface area contributed by atoms with Crippen molar-refractivity contribution in [1.29, 1.82) is 0 Å². The number of aromatic nitrogens is 5. The summed E-state index contributed by atoms with van der Waals surface area (Å²) in [6, 6.07) is 13.5. The zero-order valence-corrected chi connectivity index (χ0v) is 17.8. The first-order valence-electron chi connectivity index (χ1n) is 10.8. The number of aromatic amines is 1. The molecule has 0 saturated carbocycles. The molecule has 0 aliphatic heterocycles. The lowest BCUT2D eigenvalue weighted by Gasteiger charge is -2.11. The number of nitrogens with zero attached hydrogens (tertiary/aromatic N) is 4. The van der Waals surface area contributed by atoms with Gasteiger partial charge in [-0.15, -0.1) is 0 Å². The quantitative estimate of drug-likeness (QED) is 0.368. The van der Waals surface area contributed by atoms with Crippen LogP contribution in [0.3, 0.4) is 0 Å². The van der Waals surface area contributed by atoms with Crippen LogP contribution in [0.2, 0.25) is 0 Å². The van der Waals surface area contributed by atoms with Crippen molar-refractivity contribution >= 4 is 27.8 Å². The first-order chi connectivity index (χ1) is 15.7. The summed E-state index contributed by atoms with van der Waals surface area (Å²) in [5.41, 5.74) is 5.70. The van der Waals surface area contributed by atoms with Crippen molar-refractivity contribution in [3.8, 4) is 11.4 Å². The average molecular weight is 426 g/mol.